The fourth-order valence-corrected chi connectivity index (χ4v) is 2.96. The lowest BCUT2D eigenvalue weighted by Crippen LogP contribution is -2.26. The van der Waals surface area contributed by atoms with Crippen molar-refractivity contribution in [3.63, 3.8) is 0 Å². The summed E-state index contributed by atoms with van der Waals surface area (Å²) in [5, 5.41) is 2.70. The Kier molecular flexibility index (Phi) is 3.66. The van der Waals surface area contributed by atoms with Crippen molar-refractivity contribution >= 4 is 6.09 Å². The molecule has 1 aromatic carbocycles. The predicted octanol–water partition coefficient (Wildman–Crippen LogP) is 2.97. The van der Waals surface area contributed by atoms with Crippen LogP contribution in [0.1, 0.15) is 38.2 Å². The van der Waals surface area contributed by atoms with Gasteiger partial charge in [-0.3, -0.25) is 0 Å². The Morgan fingerprint density at radius 2 is 2.05 bits per heavy atom. The van der Waals surface area contributed by atoms with Crippen molar-refractivity contribution in [2.75, 3.05) is 13.7 Å². The van der Waals surface area contributed by atoms with E-state index in [1.807, 2.05) is 25.1 Å². The zero-order valence-electron chi connectivity index (χ0n) is 12.5. The molecule has 1 aromatic rings. The van der Waals surface area contributed by atoms with Crippen LogP contribution in [0.15, 0.2) is 18.2 Å². The molecule has 1 heterocycles. The molecule has 1 saturated heterocycles. The van der Waals surface area contributed by atoms with E-state index in [1.165, 1.54) is 12.8 Å². The van der Waals surface area contributed by atoms with Gasteiger partial charge in [0.25, 0.3) is 0 Å². The molecule has 5 heteroatoms. The molecule has 0 unspecified atom stereocenters. The highest BCUT2D eigenvalue weighted by Crippen LogP contribution is 2.37. The topological polar surface area (TPSA) is 56.8 Å². The summed E-state index contributed by atoms with van der Waals surface area (Å²) < 4.78 is 16.8. The Labute approximate surface area is 124 Å². The van der Waals surface area contributed by atoms with Crippen LogP contribution in [-0.4, -0.2) is 25.9 Å². The van der Waals surface area contributed by atoms with Gasteiger partial charge in [0, 0.05) is 5.56 Å². The molecule has 1 amide bonds. The minimum Gasteiger partial charge on any atom is -0.493 e. The molecular formula is C16H21NO4. The summed E-state index contributed by atoms with van der Waals surface area (Å²) in [5.41, 5.74) is 0.256. The number of nitrogens with one attached hydrogen (secondary N) is 1. The molecule has 0 bridgehead atoms. The second-order valence-corrected chi connectivity index (χ2v) is 5.86. The highest BCUT2D eigenvalue weighted by molar-refractivity contribution is 5.70. The Balaban J connectivity index is 1.87. The number of alkyl carbamates (subject to hydrolysis) is 1. The van der Waals surface area contributed by atoms with Gasteiger partial charge in [0.1, 0.15) is 0 Å². The van der Waals surface area contributed by atoms with Gasteiger partial charge in [0.15, 0.2) is 17.1 Å². The first kappa shape index (κ1) is 14.0. The maximum absolute atomic E-state index is 11.3. The van der Waals surface area contributed by atoms with E-state index in [9.17, 15) is 4.79 Å². The normalized spacial score (nSPS) is 25.5. The molecule has 5 nitrogen and oxygen atoms in total. The molecule has 0 spiro atoms. The van der Waals surface area contributed by atoms with Crippen molar-refractivity contribution in [2.45, 2.75) is 44.3 Å². The fourth-order valence-electron chi connectivity index (χ4n) is 2.96. The van der Waals surface area contributed by atoms with Crippen molar-refractivity contribution < 1.29 is 19.0 Å². The van der Waals surface area contributed by atoms with E-state index in [-0.39, 0.29) is 12.2 Å². The number of carbonyl (C=O) groups is 1. The van der Waals surface area contributed by atoms with Crippen LogP contribution < -0.4 is 14.8 Å². The fraction of sp³-hybridized carbons (Fsp3) is 0.562. The van der Waals surface area contributed by atoms with Gasteiger partial charge in [0.05, 0.1) is 19.8 Å². The number of carbonyl (C=O) groups excluding carboxylic acids is 1. The van der Waals surface area contributed by atoms with Crippen molar-refractivity contribution in [2.24, 2.45) is 0 Å². The second kappa shape index (κ2) is 5.47. The molecule has 0 radical (unpaired) electrons. The van der Waals surface area contributed by atoms with Gasteiger partial charge in [-0.05, 0) is 44.7 Å². The van der Waals surface area contributed by atoms with Gasteiger partial charge < -0.3 is 19.5 Å². The molecule has 21 heavy (non-hydrogen) atoms. The Hall–Kier alpha value is -1.91. The van der Waals surface area contributed by atoms with Crippen LogP contribution in [-0.2, 0) is 10.3 Å². The number of rotatable bonds is 4. The number of hydrogen-bond acceptors (Lipinski definition) is 4. The third kappa shape index (κ3) is 2.77. The number of hydrogen-bond donors (Lipinski definition) is 1. The monoisotopic (exact) mass is 291 g/mol. The standard InChI is InChI=1S/C16H21NO4/c1-16(10-17-15(18)21-16)11-7-8-13(19-2)14(9-11)20-12-5-3-4-6-12/h7-9,12H,3-6,10H2,1-2H3,(H,17,18)/t16-/m0/s1. The average Bonchev–Trinajstić information content (AvgIpc) is 3.09. The first-order valence-corrected chi connectivity index (χ1v) is 7.43. The zero-order valence-corrected chi connectivity index (χ0v) is 12.5. The smallest absolute Gasteiger partial charge is 0.408 e. The lowest BCUT2D eigenvalue weighted by Gasteiger charge is -2.24. The zero-order chi connectivity index (χ0) is 14.9. The Morgan fingerprint density at radius 1 is 1.29 bits per heavy atom. The van der Waals surface area contributed by atoms with Gasteiger partial charge in [0.2, 0.25) is 0 Å². The first-order chi connectivity index (χ1) is 10.1. The van der Waals surface area contributed by atoms with E-state index >= 15 is 0 Å². The van der Waals surface area contributed by atoms with Gasteiger partial charge in [-0.15, -0.1) is 0 Å². The van der Waals surface area contributed by atoms with Crippen molar-refractivity contribution in [3.8, 4) is 11.5 Å². The molecule has 3 rings (SSSR count). The summed E-state index contributed by atoms with van der Waals surface area (Å²) in [6.07, 6.45) is 4.47. The van der Waals surface area contributed by atoms with Crippen LogP contribution in [0.2, 0.25) is 0 Å². The second-order valence-electron chi connectivity index (χ2n) is 5.86. The van der Waals surface area contributed by atoms with E-state index in [4.69, 9.17) is 14.2 Å². The van der Waals surface area contributed by atoms with Gasteiger partial charge in [-0.2, -0.15) is 0 Å². The van der Waals surface area contributed by atoms with E-state index in [1.54, 1.807) is 7.11 Å². The molecule has 2 aliphatic rings. The predicted molar refractivity (Wildman–Crippen MR) is 77.7 cm³/mol. The number of amides is 1. The van der Waals surface area contributed by atoms with Gasteiger partial charge >= 0.3 is 6.09 Å². The maximum Gasteiger partial charge on any atom is 0.408 e. The number of benzene rings is 1. The Morgan fingerprint density at radius 3 is 2.67 bits per heavy atom. The minimum absolute atomic E-state index is 0.256. The summed E-state index contributed by atoms with van der Waals surface area (Å²) in [6.45, 7) is 2.35. The lowest BCUT2D eigenvalue weighted by atomic mass is 9.96. The molecule has 1 atom stereocenters. The van der Waals surface area contributed by atoms with Crippen LogP contribution in [0, 0.1) is 0 Å². The van der Waals surface area contributed by atoms with Crippen LogP contribution in [0.25, 0.3) is 0 Å². The summed E-state index contributed by atoms with van der Waals surface area (Å²) in [5.74, 6) is 1.44. The number of cyclic esters (lactones) is 1. The number of methoxy groups -OCH3 is 1. The molecular weight excluding hydrogens is 270 g/mol. The van der Waals surface area contributed by atoms with E-state index in [2.05, 4.69) is 5.32 Å². The highest BCUT2D eigenvalue weighted by atomic mass is 16.6. The van der Waals surface area contributed by atoms with E-state index in [0.29, 0.717) is 12.3 Å². The molecule has 0 aromatic heterocycles. The van der Waals surface area contributed by atoms with Crippen molar-refractivity contribution in [3.05, 3.63) is 23.8 Å². The van der Waals surface area contributed by atoms with Crippen LogP contribution in [0.3, 0.4) is 0 Å². The molecule has 1 saturated carbocycles. The van der Waals surface area contributed by atoms with Crippen LogP contribution >= 0.6 is 0 Å². The number of ether oxygens (including phenoxy) is 3. The van der Waals surface area contributed by atoms with Crippen LogP contribution in [0.4, 0.5) is 4.79 Å². The molecule has 114 valence electrons. The van der Waals surface area contributed by atoms with Crippen molar-refractivity contribution in [1.82, 2.24) is 5.32 Å². The average molecular weight is 291 g/mol. The van der Waals surface area contributed by atoms with Gasteiger partial charge in [-0.25, -0.2) is 4.79 Å². The van der Waals surface area contributed by atoms with Gasteiger partial charge in [-0.1, -0.05) is 6.07 Å². The third-order valence-electron chi connectivity index (χ3n) is 4.26. The minimum atomic E-state index is -0.656. The summed E-state index contributed by atoms with van der Waals surface area (Å²) in [7, 11) is 1.63. The van der Waals surface area contributed by atoms with E-state index in [0.717, 1.165) is 24.2 Å². The summed E-state index contributed by atoms with van der Waals surface area (Å²) in [4.78, 5) is 11.3. The van der Waals surface area contributed by atoms with Crippen molar-refractivity contribution in [1.29, 1.82) is 0 Å². The summed E-state index contributed by atoms with van der Waals surface area (Å²) in [6, 6.07) is 5.72. The lowest BCUT2D eigenvalue weighted by molar-refractivity contribution is 0.0699. The molecule has 1 N–H and O–H groups in total. The van der Waals surface area contributed by atoms with E-state index < -0.39 is 5.60 Å². The van der Waals surface area contributed by atoms with Crippen LogP contribution in [0.5, 0.6) is 11.5 Å². The molecule has 1 aliphatic carbocycles. The Bertz CT molecular complexity index is 539. The molecule has 2 fully saturated rings. The highest BCUT2D eigenvalue weighted by Gasteiger charge is 2.38. The molecule has 1 aliphatic heterocycles. The SMILES string of the molecule is COc1ccc([C@]2(C)CNC(=O)O2)cc1OC1CCCC1. The third-order valence-corrected chi connectivity index (χ3v) is 4.26. The quantitative estimate of drug-likeness (QED) is 0.926. The largest absolute Gasteiger partial charge is 0.493 e. The maximum atomic E-state index is 11.3. The summed E-state index contributed by atoms with van der Waals surface area (Å²) >= 11 is 0. The first-order valence-electron chi connectivity index (χ1n) is 7.43.